The number of amides is 2. The van der Waals surface area contributed by atoms with Crippen LogP contribution in [0.4, 0.5) is 11.4 Å². The van der Waals surface area contributed by atoms with Gasteiger partial charge in [0.2, 0.25) is 11.8 Å². The van der Waals surface area contributed by atoms with Crippen molar-refractivity contribution in [2.75, 3.05) is 23.7 Å². The Hall–Kier alpha value is -2.12. The van der Waals surface area contributed by atoms with Gasteiger partial charge in [-0.1, -0.05) is 26.0 Å². The Morgan fingerprint density at radius 3 is 2.59 bits per heavy atom. The third kappa shape index (κ3) is 3.53. The standard InChI is InChI=1S/C20H29N5O2/c1-13(2)11-14-12-17(24-23-14)18(26)25-9-7-20(8-10-25)19(27)21-15-5-3-4-6-16(15)22-20/h3-6,13-14,17,22-24H,7-12H2,1-2H3,(H,21,27). The molecule has 4 N–H and O–H groups in total. The van der Waals surface area contributed by atoms with E-state index < -0.39 is 5.54 Å². The molecule has 2 saturated heterocycles. The first-order valence-electron chi connectivity index (χ1n) is 9.95. The predicted octanol–water partition coefficient (Wildman–Crippen LogP) is 1.69. The monoisotopic (exact) mass is 371 g/mol. The van der Waals surface area contributed by atoms with Gasteiger partial charge in [0.05, 0.1) is 11.4 Å². The van der Waals surface area contributed by atoms with Gasteiger partial charge in [-0.2, -0.15) is 0 Å². The van der Waals surface area contributed by atoms with E-state index in [0.717, 1.165) is 24.2 Å². The van der Waals surface area contributed by atoms with Crippen LogP contribution in [-0.4, -0.2) is 47.4 Å². The minimum absolute atomic E-state index is 0.00551. The Labute approximate surface area is 160 Å². The van der Waals surface area contributed by atoms with Crippen LogP contribution in [0.15, 0.2) is 24.3 Å². The largest absolute Gasteiger partial charge is 0.369 e. The summed E-state index contributed by atoms with van der Waals surface area (Å²) in [6, 6.07) is 7.93. The quantitative estimate of drug-likeness (QED) is 0.650. The fraction of sp³-hybridized carbons (Fsp3) is 0.600. The van der Waals surface area contributed by atoms with Crippen LogP contribution in [0.25, 0.3) is 0 Å². The second kappa shape index (κ2) is 7.13. The van der Waals surface area contributed by atoms with Crippen molar-refractivity contribution in [3.8, 4) is 0 Å². The molecule has 2 unspecified atom stereocenters. The van der Waals surface area contributed by atoms with Crippen LogP contribution in [0.1, 0.15) is 39.5 Å². The van der Waals surface area contributed by atoms with Crippen LogP contribution in [0.5, 0.6) is 0 Å². The maximum atomic E-state index is 12.9. The summed E-state index contributed by atoms with van der Waals surface area (Å²) < 4.78 is 0. The number of carbonyl (C=O) groups excluding carboxylic acids is 2. The Morgan fingerprint density at radius 2 is 1.89 bits per heavy atom. The number of para-hydroxylation sites is 2. The number of likely N-dealkylation sites (tertiary alicyclic amines) is 1. The van der Waals surface area contributed by atoms with Gasteiger partial charge < -0.3 is 15.5 Å². The first-order chi connectivity index (χ1) is 13.0. The van der Waals surface area contributed by atoms with Gasteiger partial charge >= 0.3 is 0 Å². The van der Waals surface area contributed by atoms with Gasteiger partial charge in [0, 0.05) is 19.1 Å². The maximum absolute atomic E-state index is 12.9. The molecule has 146 valence electrons. The molecule has 1 spiro atoms. The van der Waals surface area contributed by atoms with Crippen molar-refractivity contribution in [2.45, 2.75) is 57.2 Å². The van der Waals surface area contributed by atoms with E-state index in [0.29, 0.717) is 37.9 Å². The number of nitrogens with one attached hydrogen (secondary N) is 4. The highest BCUT2D eigenvalue weighted by Gasteiger charge is 2.46. The topological polar surface area (TPSA) is 85.5 Å². The molecule has 3 aliphatic rings. The molecular weight excluding hydrogens is 342 g/mol. The number of hydrazine groups is 1. The third-order valence-electron chi connectivity index (χ3n) is 5.95. The smallest absolute Gasteiger partial charge is 0.250 e. The minimum Gasteiger partial charge on any atom is -0.369 e. The lowest BCUT2D eigenvalue weighted by atomic mass is 9.84. The molecule has 4 rings (SSSR count). The van der Waals surface area contributed by atoms with Crippen molar-refractivity contribution in [3.05, 3.63) is 24.3 Å². The Kier molecular flexibility index (Phi) is 4.82. The van der Waals surface area contributed by atoms with Crippen molar-refractivity contribution >= 4 is 23.2 Å². The van der Waals surface area contributed by atoms with Gasteiger partial charge in [-0.3, -0.25) is 15.0 Å². The van der Waals surface area contributed by atoms with Crippen molar-refractivity contribution in [1.29, 1.82) is 0 Å². The lowest BCUT2D eigenvalue weighted by Crippen LogP contribution is -2.60. The number of rotatable bonds is 3. The fourth-order valence-corrected chi connectivity index (χ4v) is 4.45. The van der Waals surface area contributed by atoms with E-state index in [1.165, 1.54) is 0 Å². The number of nitrogens with zero attached hydrogens (tertiary/aromatic N) is 1. The molecule has 7 heteroatoms. The van der Waals surface area contributed by atoms with Crippen molar-refractivity contribution in [2.24, 2.45) is 5.92 Å². The fourth-order valence-electron chi connectivity index (χ4n) is 4.45. The summed E-state index contributed by atoms with van der Waals surface area (Å²) in [4.78, 5) is 27.5. The van der Waals surface area contributed by atoms with Crippen LogP contribution < -0.4 is 21.5 Å². The van der Waals surface area contributed by atoms with Gasteiger partial charge in [-0.15, -0.1) is 0 Å². The number of hydrogen-bond donors (Lipinski definition) is 4. The highest BCUT2D eigenvalue weighted by atomic mass is 16.2. The zero-order chi connectivity index (χ0) is 19.0. The minimum atomic E-state index is -0.618. The van der Waals surface area contributed by atoms with Crippen molar-refractivity contribution in [3.63, 3.8) is 0 Å². The molecule has 3 aliphatic heterocycles. The molecule has 2 fully saturated rings. The predicted molar refractivity (Wildman–Crippen MR) is 105 cm³/mol. The van der Waals surface area contributed by atoms with E-state index in [-0.39, 0.29) is 17.9 Å². The number of fused-ring (bicyclic) bond motifs is 1. The second-order valence-electron chi connectivity index (χ2n) is 8.44. The van der Waals surface area contributed by atoms with Crippen LogP contribution >= 0.6 is 0 Å². The molecule has 0 saturated carbocycles. The van der Waals surface area contributed by atoms with Crippen LogP contribution in [0, 0.1) is 5.92 Å². The van der Waals surface area contributed by atoms with Crippen molar-refractivity contribution < 1.29 is 9.59 Å². The molecule has 1 aromatic carbocycles. The molecule has 0 bridgehead atoms. The van der Waals surface area contributed by atoms with Crippen LogP contribution in [0.2, 0.25) is 0 Å². The molecule has 2 amide bonds. The molecule has 27 heavy (non-hydrogen) atoms. The highest BCUT2D eigenvalue weighted by molar-refractivity contribution is 6.06. The van der Waals surface area contributed by atoms with Gasteiger partial charge in [0.15, 0.2) is 0 Å². The van der Waals surface area contributed by atoms with Crippen LogP contribution in [0.3, 0.4) is 0 Å². The average Bonchev–Trinajstić information content (AvgIpc) is 3.10. The third-order valence-corrected chi connectivity index (χ3v) is 5.95. The van der Waals surface area contributed by atoms with Gasteiger partial charge in [0.1, 0.15) is 11.6 Å². The molecule has 2 atom stereocenters. The van der Waals surface area contributed by atoms with E-state index >= 15 is 0 Å². The molecule has 3 heterocycles. The lowest BCUT2D eigenvalue weighted by Gasteiger charge is -2.44. The number of carbonyl (C=O) groups is 2. The Balaban J connectivity index is 1.37. The number of anilines is 2. The summed E-state index contributed by atoms with van der Waals surface area (Å²) in [5.74, 6) is 0.748. The molecule has 0 aromatic heterocycles. The first kappa shape index (κ1) is 18.3. The Morgan fingerprint density at radius 1 is 1.19 bits per heavy atom. The van der Waals surface area contributed by atoms with Gasteiger partial charge in [0.25, 0.3) is 0 Å². The lowest BCUT2D eigenvalue weighted by molar-refractivity contribution is -0.136. The van der Waals surface area contributed by atoms with Crippen LogP contribution in [-0.2, 0) is 9.59 Å². The summed E-state index contributed by atoms with van der Waals surface area (Å²) in [6.45, 7) is 5.57. The second-order valence-corrected chi connectivity index (χ2v) is 8.44. The van der Waals surface area contributed by atoms with E-state index in [2.05, 4.69) is 35.3 Å². The zero-order valence-corrected chi connectivity index (χ0v) is 16.0. The Bertz CT molecular complexity index is 727. The number of benzene rings is 1. The average molecular weight is 371 g/mol. The highest BCUT2D eigenvalue weighted by Crippen LogP contribution is 2.36. The zero-order valence-electron chi connectivity index (χ0n) is 16.0. The summed E-state index contributed by atoms with van der Waals surface area (Å²) >= 11 is 0. The first-order valence-corrected chi connectivity index (χ1v) is 9.95. The van der Waals surface area contributed by atoms with Crippen molar-refractivity contribution in [1.82, 2.24) is 15.8 Å². The van der Waals surface area contributed by atoms with E-state index in [9.17, 15) is 9.59 Å². The van der Waals surface area contributed by atoms with Gasteiger partial charge in [-0.25, -0.2) is 5.43 Å². The SMILES string of the molecule is CC(C)CC1CC(C(=O)N2CCC3(CC2)Nc2ccccc2NC3=O)NN1. The maximum Gasteiger partial charge on any atom is 0.250 e. The number of piperidine rings is 1. The molecule has 0 radical (unpaired) electrons. The summed E-state index contributed by atoms with van der Waals surface area (Å²) in [7, 11) is 0. The van der Waals surface area contributed by atoms with Gasteiger partial charge in [-0.05, 0) is 43.7 Å². The number of hydrogen-bond acceptors (Lipinski definition) is 5. The molecule has 1 aromatic rings. The summed E-state index contributed by atoms with van der Waals surface area (Å²) in [5.41, 5.74) is 7.58. The summed E-state index contributed by atoms with van der Waals surface area (Å²) in [6.07, 6.45) is 3.12. The molecule has 7 nitrogen and oxygen atoms in total. The summed E-state index contributed by atoms with van der Waals surface area (Å²) in [5, 5.41) is 6.46. The molecule has 0 aliphatic carbocycles. The van der Waals surface area contributed by atoms with E-state index in [1.807, 2.05) is 29.2 Å². The molecular formula is C20H29N5O2. The van der Waals surface area contributed by atoms with E-state index in [4.69, 9.17) is 0 Å². The van der Waals surface area contributed by atoms with E-state index in [1.54, 1.807) is 0 Å². The normalized spacial score (nSPS) is 26.6.